The van der Waals surface area contributed by atoms with Gasteiger partial charge in [-0.2, -0.15) is 0 Å². The quantitative estimate of drug-likeness (QED) is 0.688. The van der Waals surface area contributed by atoms with E-state index >= 15 is 0 Å². The van der Waals surface area contributed by atoms with Crippen LogP contribution in [0.4, 0.5) is 4.79 Å². The largest absolute Gasteiger partial charge is 0.370 e. The predicted octanol–water partition coefficient (Wildman–Crippen LogP) is -1.21. The Bertz CT molecular complexity index is 297. The fourth-order valence-corrected chi connectivity index (χ4v) is 1.90. The number of amides is 3. The molecule has 7 heteroatoms. The molecule has 1 aliphatic rings. The zero-order chi connectivity index (χ0) is 13.7. The number of nitrogens with two attached hydrogens (primary N) is 1. The Kier molecular flexibility index (Phi) is 5.36. The molecule has 0 aliphatic carbocycles. The molecule has 2 N–H and O–H groups in total. The Hall–Kier alpha value is -1.34. The van der Waals surface area contributed by atoms with Crippen LogP contribution < -0.4 is 5.73 Å². The highest BCUT2D eigenvalue weighted by atomic mass is 16.5. The molecule has 7 nitrogen and oxygen atoms in total. The second-order valence-electron chi connectivity index (χ2n) is 4.45. The van der Waals surface area contributed by atoms with Crippen molar-refractivity contribution < 1.29 is 14.3 Å². The Morgan fingerprint density at radius 1 is 1.22 bits per heavy atom. The van der Waals surface area contributed by atoms with Crippen LogP contribution >= 0.6 is 0 Å². The van der Waals surface area contributed by atoms with Crippen molar-refractivity contribution in [3.05, 3.63) is 0 Å². The number of methoxy groups -OCH3 is 1. The lowest BCUT2D eigenvalue weighted by Gasteiger charge is -2.37. The van der Waals surface area contributed by atoms with Gasteiger partial charge in [0.15, 0.2) is 0 Å². The number of hydrogen-bond donors (Lipinski definition) is 1. The normalized spacial score (nSPS) is 17.6. The van der Waals surface area contributed by atoms with Gasteiger partial charge in [0.1, 0.15) is 6.10 Å². The number of urea groups is 1. The van der Waals surface area contributed by atoms with Gasteiger partial charge in [-0.25, -0.2) is 4.79 Å². The minimum atomic E-state index is -0.582. The highest BCUT2D eigenvalue weighted by molar-refractivity contribution is 5.81. The summed E-state index contributed by atoms with van der Waals surface area (Å²) in [7, 11) is 4.91. The first-order valence-electron chi connectivity index (χ1n) is 5.99. The van der Waals surface area contributed by atoms with E-state index in [1.165, 1.54) is 12.0 Å². The van der Waals surface area contributed by atoms with E-state index in [2.05, 4.69) is 0 Å². The van der Waals surface area contributed by atoms with E-state index in [9.17, 15) is 9.59 Å². The van der Waals surface area contributed by atoms with Crippen LogP contribution in [0.3, 0.4) is 0 Å². The van der Waals surface area contributed by atoms with Crippen molar-refractivity contribution in [3.63, 3.8) is 0 Å². The summed E-state index contributed by atoms with van der Waals surface area (Å²) in [5.74, 6) is -0.100. The summed E-state index contributed by atoms with van der Waals surface area (Å²) in [6, 6.07) is -0.0239. The molecule has 1 aliphatic heterocycles. The summed E-state index contributed by atoms with van der Waals surface area (Å²) < 4.78 is 5.02. The minimum absolute atomic E-state index is 0.0239. The van der Waals surface area contributed by atoms with Gasteiger partial charge in [-0.3, -0.25) is 4.79 Å². The molecule has 18 heavy (non-hydrogen) atoms. The van der Waals surface area contributed by atoms with Crippen LogP contribution in [0.2, 0.25) is 0 Å². The molecule has 0 bridgehead atoms. The summed E-state index contributed by atoms with van der Waals surface area (Å²) in [4.78, 5) is 28.7. The van der Waals surface area contributed by atoms with E-state index in [-0.39, 0.29) is 18.5 Å². The van der Waals surface area contributed by atoms with Gasteiger partial charge in [-0.05, 0) is 0 Å². The summed E-state index contributed by atoms with van der Waals surface area (Å²) in [6.45, 7) is 2.32. The molecule has 0 saturated carbocycles. The van der Waals surface area contributed by atoms with Gasteiger partial charge in [-0.1, -0.05) is 0 Å². The summed E-state index contributed by atoms with van der Waals surface area (Å²) in [6.07, 6.45) is -0.582. The third-order valence-corrected chi connectivity index (χ3v) is 3.02. The van der Waals surface area contributed by atoms with Gasteiger partial charge in [0.2, 0.25) is 0 Å². The van der Waals surface area contributed by atoms with Crippen molar-refractivity contribution in [1.29, 1.82) is 0 Å². The Balaban J connectivity index is 2.49. The first-order chi connectivity index (χ1) is 8.51. The number of hydrogen-bond acceptors (Lipinski definition) is 4. The second kappa shape index (κ2) is 6.55. The number of rotatable bonds is 3. The van der Waals surface area contributed by atoms with Crippen molar-refractivity contribution in [3.8, 4) is 0 Å². The first kappa shape index (κ1) is 14.7. The van der Waals surface area contributed by atoms with Crippen LogP contribution in [0.1, 0.15) is 0 Å². The van der Waals surface area contributed by atoms with Crippen molar-refractivity contribution in [1.82, 2.24) is 14.7 Å². The summed E-state index contributed by atoms with van der Waals surface area (Å²) >= 11 is 0. The summed E-state index contributed by atoms with van der Waals surface area (Å²) in [5.41, 5.74) is 5.46. The standard InChI is InChI=1S/C11H22N4O3/c1-13(2)11(17)15-6-4-14(5-7-15)10(16)9(8-12)18-3/h9H,4-8,12H2,1-3H3. The highest BCUT2D eigenvalue weighted by Gasteiger charge is 2.28. The average Bonchev–Trinajstić information content (AvgIpc) is 2.39. The molecule has 3 amide bonds. The molecule has 1 saturated heterocycles. The van der Waals surface area contributed by atoms with Crippen LogP contribution in [-0.2, 0) is 9.53 Å². The Labute approximate surface area is 107 Å². The maximum Gasteiger partial charge on any atom is 0.319 e. The number of nitrogens with zero attached hydrogens (tertiary/aromatic N) is 3. The van der Waals surface area contributed by atoms with Crippen LogP contribution in [0.25, 0.3) is 0 Å². The molecule has 1 fully saturated rings. The molecule has 1 atom stereocenters. The van der Waals surface area contributed by atoms with Crippen molar-refractivity contribution in [2.75, 3.05) is 53.9 Å². The van der Waals surface area contributed by atoms with Crippen LogP contribution in [0.5, 0.6) is 0 Å². The van der Waals surface area contributed by atoms with E-state index < -0.39 is 6.10 Å². The van der Waals surface area contributed by atoms with Crippen molar-refractivity contribution in [2.45, 2.75) is 6.10 Å². The topological polar surface area (TPSA) is 79.1 Å². The zero-order valence-electron chi connectivity index (χ0n) is 11.3. The molecule has 0 aromatic heterocycles. The molecule has 1 unspecified atom stereocenters. The monoisotopic (exact) mass is 258 g/mol. The molecule has 0 aromatic carbocycles. The smallest absolute Gasteiger partial charge is 0.319 e. The van der Waals surface area contributed by atoms with E-state index in [1.807, 2.05) is 0 Å². The van der Waals surface area contributed by atoms with Crippen molar-refractivity contribution >= 4 is 11.9 Å². The second-order valence-corrected chi connectivity index (χ2v) is 4.45. The van der Waals surface area contributed by atoms with Crippen LogP contribution in [-0.4, -0.2) is 86.7 Å². The number of ether oxygens (including phenoxy) is 1. The van der Waals surface area contributed by atoms with Gasteiger partial charge in [0.05, 0.1) is 0 Å². The number of piperazine rings is 1. The number of carbonyl (C=O) groups excluding carboxylic acids is 2. The van der Waals surface area contributed by atoms with Gasteiger partial charge in [0.25, 0.3) is 5.91 Å². The third kappa shape index (κ3) is 3.33. The van der Waals surface area contributed by atoms with E-state index in [1.54, 1.807) is 23.9 Å². The minimum Gasteiger partial charge on any atom is -0.370 e. The van der Waals surface area contributed by atoms with Crippen molar-refractivity contribution in [2.24, 2.45) is 5.73 Å². The zero-order valence-corrected chi connectivity index (χ0v) is 11.3. The molecular weight excluding hydrogens is 236 g/mol. The molecule has 0 spiro atoms. The van der Waals surface area contributed by atoms with Crippen LogP contribution in [0, 0.1) is 0 Å². The van der Waals surface area contributed by atoms with Gasteiger partial charge in [0, 0.05) is 53.9 Å². The first-order valence-corrected chi connectivity index (χ1v) is 5.99. The molecule has 0 radical (unpaired) electrons. The van der Waals surface area contributed by atoms with E-state index in [0.717, 1.165) is 0 Å². The lowest BCUT2D eigenvalue weighted by Crippen LogP contribution is -2.55. The fourth-order valence-electron chi connectivity index (χ4n) is 1.90. The van der Waals surface area contributed by atoms with E-state index in [0.29, 0.717) is 26.2 Å². The molecular formula is C11H22N4O3. The third-order valence-electron chi connectivity index (χ3n) is 3.02. The molecule has 1 rings (SSSR count). The SMILES string of the molecule is COC(CN)C(=O)N1CCN(C(=O)N(C)C)CC1. The Morgan fingerprint density at radius 2 is 1.72 bits per heavy atom. The van der Waals surface area contributed by atoms with Gasteiger partial charge in [-0.15, -0.1) is 0 Å². The maximum absolute atomic E-state index is 12.0. The number of carbonyl (C=O) groups is 2. The highest BCUT2D eigenvalue weighted by Crippen LogP contribution is 2.06. The lowest BCUT2D eigenvalue weighted by atomic mass is 10.2. The fraction of sp³-hybridized carbons (Fsp3) is 0.818. The summed E-state index contributed by atoms with van der Waals surface area (Å²) in [5, 5.41) is 0. The average molecular weight is 258 g/mol. The molecule has 1 heterocycles. The van der Waals surface area contributed by atoms with E-state index in [4.69, 9.17) is 10.5 Å². The predicted molar refractivity (Wildman–Crippen MR) is 67.1 cm³/mol. The van der Waals surface area contributed by atoms with Crippen LogP contribution in [0.15, 0.2) is 0 Å². The lowest BCUT2D eigenvalue weighted by molar-refractivity contribution is -0.142. The van der Waals surface area contributed by atoms with Gasteiger partial charge >= 0.3 is 6.03 Å². The molecule has 104 valence electrons. The molecule has 0 aromatic rings. The maximum atomic E-state index is 12.0. The van der Waals surface area contributed by atoms with Gasteiger partial charge < -0.3 is 25.2 Å². The Morgan fingerprint density at radius 3 is 2.11 bits per heavy atom.